The second-order valence-corrected chi connectivity index (χ2v) is 5.24. The van der Waals surface area contributed by atoms with Crippen molar-refractivity contribution in [3.63, 3.8) is 0 Å². The van der Waals surface area contributed by atoms with Crippen LogP contribution in [0, 0.1) is 6.92 Å². The summed E-state index contributed by atoms with van der Waals surface area (Å²) in [5, 5.41) is 4.43. The summed E-state index contributed by atoms with van der Waals surface area (Å²) in [6, 6.07) is 11.7. The van der Waals surface area contributed by atoms with E-state index in [0.717, 1.165) is 22.6 Å². The molecule has 0 aliphatic carbocycles. The van der Waals surface area contributed by atoms with Crippen LogP contribution in [0.5, 0.6) is 0 Å². The van der Waals surface area contributed by atoms with Crippen LogP contribution < -0.4 is 11.3 Å². The lowest BCUT2D eigenvalue weighted by Gasteiger charge is -2.08. The van der Waals surface area contributed by atoms with Gasteiger partial charge in [0.1, 0.15) is 5.65 Å². The number of aromatic nitrogens is 3. The summed E-state index contributed by atoms with van der Waals surface area (Å²) < 4.78 is 3.41. The lowest BCUT2D eigenvalue weighted by Crippen LogP contribution is -2.21. The summed E-state index contributed by atoms with van der Waals surface area (Å²) in [5.74, 6) is 0. The Hall–Kier alpha value is -2.40. The number of nitrogens with two attached hydrogens (primary N) is 1. The quantitative estimate of drug-likeness (QED) is 0.792. The largest absolute Gasteiger partial charge is 0.333 e. The van der Waals surface area contributed by atoms with Crippen LogP contribution >= 0.6 is 0 Å². The van der Waals surface area contributed by atoms with Gasteiger partial charge in [-0.1, -0.05) is 29.8 Å². The van der Waals surface area contributed by atoms with Gasteiger partial charge in [-0.15, -0.1) is 0 Å². The minimum atomic E-state index is -0.120. The predicted octanol–water partition coefficient (Wildman–Crippen LogP) is 1.51. The lowest BCUT2D eigenvalue weighted by atomic mass is 10.1. The van der Waals surface area contributed by atoms with Crippen LogP contribution in [0.2, 0.25) is 0 Å². The van der Waals surface area contributed by atoms with Crippen molar-refractivity contribution in [2.75, 3.05) is 6.54 Å². The van der Waals surface area contributed by atoms with Gasteiger partial charge in [0.15, 0.2) is 0 Å². The maximum Gasteiger partial charge on any atom is 0.274 e. The van der Waals surface area contributed by atoms with Crippen molar-refractivity contribution in [1.82, 2.24) is 14.2 Å². The van der Waals surface area contributed by atoms with Crippen molar-refractivity contribution in [2.24, 2.45) is 12.8 Å². The van der Waals surface area contributed by atoms with Crippen LogP contribution in [0.1, 0.15) is 11.3 Å². The second kappa shape index (κ2) is 5.18. The Morgan fingerprint density at radius 2 is 1.90 bits per heavy atom. The zero-order valence-corrected chi connectivity index (χ0v) is 12.2. The number of nitrogens with zero attached hydrogens (tertiary/aromatic N) is 3. The van der Waals surface area contributed by atoms with Crippen molar-refractivity contribution in [3.05, 3.63) is 58.0 Å². The normalized spacial score (nSPS) is 11.2. The fraction of sp³-hybridized carbons (Fsp3) is 0.250. The monoisotopic (exact) mass is 282 g/mol. The van der Waals surface area contributed by atoms with Gasteiger partial charge in [-0.25, -0.2) is 0 Å². The highest BCUT2D eigenvalue weighted by atomic mass is 16.1. The van der Waals surface area contributed by atoms with Crippen molar-refractivity contribution in [2.45, 2.75) is 13.3 Å². The van der Waals surface area contributed by atoms with Gasteiger partial charge >= 0.3 is 0 Å². The highest BCUT2D eigenvalue weighted by Crippen LogP contribution is 2.19. The molecule has 5 nitrogen and oxygen atoms in total. The average Bonchev–Trinajstić information content (AvgIpc) is 2.91. The number of hydrogen-bond donors (Lipinski definition) is 1. The molecule has 2 N–H and O–H groups in total. The summed E-state index contributed by atoms with van der Waals surface area (Å²) in [6.07, 6.45) is 0.674. The molecule has 0 saturated carbocycles. The Morgan fingerprint density at radius 1 is 1.19 bits per heavy atom. The molecule has 0 fully saturated rings. The number of fused-ring (bicyclic) bond motifs is 1. The fourth-order valence-electron chi connectivity index (χ4n) is 2.47. The number of rotatable bonds is 3. The van der Waals surface area contributed by atoms with E-state index < -0.39 is 0 Å². The first-order valence-corrected chi connectivity index (χ1v) is 6.96. The van der Waals surface area contributed by atoms with Gasteiger partial charge in [0, 0.05) is 36.9 Å². The standard InChI is InChI=1S/C16H18N4O/c1-11-3-5-12(6-4-11)14-10-15-19(2)13(7-8-17)9-16(21)20(15)18-14/h3-6,9-10H,7-8,17H2,1-2H3. The average molecular weight is 282 g/mol. The fourth-order valence-corrected chi connectivity index (χ4v) is 2.47. The summed E-state index contributed by atoms with van der Waals surface area (Å²) in [4.78, 5) is 12.2. The molecular weight excluding hydrogens is 264 g/mol. The van der Waals surface area contributed by atoms with E-state index in [4.69, 9.17) is 5.73 Å². The van der Waals surface area contributed by atoms with Crippen LogP contribution in [0.25, 0.3) is 16.9 Å². The summed E-state index contributed by atoms with van der Waals surface area (Å²) in [6.45, 7) is 2.56. The number of hydrogen-bond acceptors (Lipinski definition) is 3. The van der Waals surface area contributed by atoms with Crippen molar-refractivity contribution >= 4 is 5.65 Å². The van der Waals surface area contributed by atoms with Crippen molar-refractivity contribution < 1.29 is 0 Å². The molecule has 2 heterocycles. The summed E-state index contributed by atoms with van der Waals surface area (Å²) in [7, 11) is 1.93. The molecule has 3 rings (SSSR count). The van der Waals surface area contributed by atoms with Crippen LogP contribution in [-0.2, 0) is 13.5 Å². The molecular formula is C16H18N4O. The molecule has 0 radical (unpaired) electrons. The van der Waals surface area contributed by atoms with Crippen LogP contribution in [0.4, 0.5) is 0 Å². The highest BCUT2D eigenvalue weighted by molar-refractivity contribution is 5.64. The van der Waals surface area contributed by atoms with Gasteiger partial charge in [0.2, 0.25) is 0 Å². The Morgan fingerprint density at radius 3 is 2.57 bits per heavy atom. The SMILES string of the molecule is Cc1ccc(-c2cc3n(C)c(CCN)cc(=O)n3n2)cc1. The Labute approximate surface area is 122 Å². The highest BCUT2D eigenvalue weighted by Gasteiger charge is 2.11. The molecule has 0 atom stereocenters. The van der Waals surface area contributed by atoms with E-state index in [1.807, 2.05) is 48.9 Å². The first-order chi connectivity index (χ1) is 10.1. The number of benzene rings is 1. The molecule has 5 heteroatoms. The third kappa shape index (κ3) is 2.36. The molecule has 1 aromatic carbocycles. The maximum absolute atomic E-state index is 12.2. The minimum Gasteiger partial charge on any atom is -0.333 e. The number of aryl methyl sites for hydroxylation is 2. The van der Waals surface area contributed by atoms with Gasteiger partial charge in [0.25, 0.3) is 5.56 Å². The Kier molecular flexibility index (Phi) is 3.35. The molecule has 3 aromatic rings. The zero-order chi connectivity index (χ0) is 15.0. The van der Waals surface area contributed by atoms with Crippen LogP contribution in [-0.4, -0.2) is 20.7 Å². The molecule has 0 spiro atoms. The minimum absolute atomic E-state index is 0.120. The maximum atomic E-state index is 12.2. The Balaban J connectivity index is 2.20. The second-order valence-electron chi connectivity index (χ2n) is 5.24. The van der Waals surface area contributed by atoms with E-state index in [9.17, 15) is 4.79 Å². The molecule has 0 amide bonds. The summed E-state index contributed by atoms with van der Waals surface area (Å²) in [5.41, 5.74) is 10.2. The molecule has 0 unspecified atom stereocenters. The van der Waals surface area contributed by atoms with Gasteiger partial charge < -0.3 is 10.3 Å². The first kappa shape index (κ1) is 13.6. The molecule has 21 heavy (non-hydrogen) atoms. The predicted molar refractivity (Wildman–Crippen MR) is 83.4 cm³/mol. The van der Waals surface area contributed by atoms with Gasteiger partial charge in [-0.3, -0.25) is 4.79 Å². The Bertz CT molecular complexity index is 843. The van der Waals surface area contributed by atoms with E-state index in [1.54, 1.807) is 6.07 Å². The third-order valence-corrected chi connectivity index (χ3v) is 3.71. The van der Waals surface area contributed by atoms with Crippen LogP contribution in [0.3, 0.4) is 0 Å². The topological polar surface area (TPSA) is 65.3 Å². The van der Waals surface area contributed by atoms with Crippen LogP contribution in [0.15, 0.2) is 41.2 Å². The first-order valence-electron chi connectivity index (χ1n) is 6.96. The lowest BCUT2D eigenvalue weighted by molar-refractivity contribution is 0.757. The van der Waals surface area contributed by atoms with E-state index >= 15 is 0 Å². The van der Waals surface area contributed by atoms with E-state index in [2.05, 4.69) is 5.10 Å². The summed E-state index contributed by atoms with van der Waals surface area (Å²) >= 11 is 0. The van der Waals surface area contributed by atoms with Crippen molar-refractivity contribution in [3.8, 4) is 11.3 Å². The van der Waals surface area contributed by atoms with E-state index in [1.165, 1.54) is 10.1 Å². The smallest absolute Gasteiger partial charge is 0.274 e. The molecule has 0 aliphatic rings. The molecule has 0 bridgehead atoms. The third-order valence-electron chi connectivity index (χ3n) is 3.71. The van der Waals surface area contributed by atoms with Crippen molar-refractivity contribution in [1.29, 1.82) is 0 Å². The zero-order valence-electron chi connectivity index (χ0n) is 12.2. The van der Waals surface area contributed by atoms with Gasteiger partial charge in [-0.2, -0.15) is 9.61 Å². The molecule has 0 saturated heterocycles. The molecule has 2 aromatic heterocycles. The molecule has 108 valence electrons. The van der Waals surface area contributed by atoms with E-state index in [-0.39, 0.29) is 5.56 Å². The van der Waals surface area contributed by atoms with E-state index in [0.29, 0.717) is 13.0 Å². The van der Waals surface area contributed by atoms with Gasteiger partial charge in [-0.05, 0) is 13.5 Å². The van der Waals surface area contributed by atoms with Gasteiger partial charge in [0.05, 0.1) is 5.69 Å². The molecule has 0 aliphatic heterocycles.